The number of fused-ring (bicyclic) bond motifs is 1. The van der Waals surface area contributed by atoms with Gasteiger partial charge in [0.1, 0.15) is 0 Å². The Morgan fingerprint density at radius 1 is 1.15 bits per heavy atom. The quantitative estimate of drug-likeness (QED) is 0.805. The summed E-state index contributed by atoms with van der Waals surface area (Å²) in [6.45, 7) is 8.81. The van der Waals surface area contributed by atoms with E-state index >= 15 is 0 Å². The predicted octanol–water partition coefficient (Wildman–Crippen LogP) is 4.08. The van der Waals surface area contributed by atoms with Crippen LogP contribution in [0.15, 0.2) is 30.5 Å². The van der Waals surface area contributed by atoms with Crippen molar-refractivity contribution in [2.75, 3.05) is 23.7 Å². The molecule has 0 bridgehead atoms. The zero-order valence-corrected chi connectivity index (χ0v) is 12.8. The first-order valence-electron chi connectivity index (χ1n) is 7.59. The number of pyridine rings is 1. The van der Waals surface area contributed by atoms with Gasteiger partial charge in [0.25, 0.3) is 0 Å². The summed E-state index contributed by atoms with van der Waals surface area (Å²) < 4.78 is 0. The van der Waals surface area contributed by atoms with E-state index in [1.807, 2.05) is 24.4 Å². The van der Waals surface area contributed by atoms with Gasteiger partial charge >= 0.3 is 0 Å². The van der Waals surface area contributed by atoms with Gasteiger partial charge < -0.3 is 10.6 Å². The van der Waals surface area contributed by atoms with E-state index in [0.29, 0.717) is 0 Å². The Labute approximate surface area is 121 Å². The third-order valence-corrected chi connectivity index (χ3v) is 4.14. The largest absolute Gasteiger partial charge is 0.398 e. The average Bonchev–Trinajstić information content (AvgIpc) is 2.50. The van der Waals surface area contributed by atoms with Crippen LogP contribution in [0.3, 0.4) is 0 Å². The van der Waals surface area contributed by atoms with Gasteiger partial charge in [-0.05, 0) is 37.1 Å². The molecule has 0 aliphatic rings. The minimum absolute atomic E-state index is 0.728. The van der Waals surface area contributed by atoms with Crippen LogP contribution in [0, 0.1) is 5.92 Å². The van der Waals surface area contributed by atoms with Crippen molar-refractivity contribution in [1.82, 2.24) is 4.98 Å². The molecule has 1 heterocycles. The highest BCUT2D eigenvalue weighted by molar-refractivity contribution is 5.98. The summed E-state index contributed by atoms with van der Waals surface area (Å²) in [7, 11) is 0. The number of nitrogens with two attached hydrogens (primary N) is 1. The van der Waals surface area contributed by atoms with Gasteiger partial charge in [0.05, 0.1) is 11.2 Å². The number of benzene rings is 1. The lowest BCUT2D eigenvalue weighted by atomic mass is 10.0. The Morgan fingerprint density at radius 3 is 2.55 bits per heavy atom. The average molecular weight is 271 g/mol. The molecule has 0 spiro atoms. The smallest absolute Gasteiger partial charge is 0.0955 e. The molecule has 108 valence electrons. The fourth-order valence-electron chi connectivity index (χ4n) is 2.69. The highest BCUT2D eigenvalue weighted by Gasteiger charge is 2.14. The number of anilines is 2. The van der Waals surface area contributed by atoms with Crippen LogP contribution in [-0.2, 0) is 0 Å². The number of hydrogen-bond donors (Lipinski definition) is 1. The Morgan fingerprint density at radius 2 is 1.90 bits per heavy atom. The van der Waals surface area contributed by atoms with Crippen molar-refractivity contribution in [3.8, 4) is 0 Å². The summed E-state index contributed by atoms with van der Waals surface area (Å²) in [5.41, 5.74) is 9.08. The maximum atomic E-state index is 6.06. The lowest BCUT2D eigenvalue weighted by molar-refractivity contribution is 0.486. The summed E-state index contributed by atoms with van der Waals surface area (Å²) in [6, 6.07) is 8.09. The van der Waals surface area contributed by atoms with Crippen LogP contribution in [0.4, 0.5) is 11.4 Å². The SMILES string of the molecule is CCC(CC)CN(CC)c1ccc(N)c2cccnc12. The van der Waals surface area contributed by atoms with Crippen LogP contribution in [0.2, 0.25) is 0 Å². The first kappa shape index (κ1) is 14.6. The Kier molecular flexibility index (Phi) is 4.83. The lowest BCUT2D eigenvalue weighted by Crippen LogP contribution is -2.29. The number of nitrogens with zero attached hydrogens (tertiary/aromatic N) is 2. The molecule has 3 nitrogen and oxygen atoms in total. The number of hydrogen-bond acceptors (Lipinski definition) is 3. The molecule has 0 saturated carbocycles. The Balaban J connectivity index is 2.42. The molecule has 0 atom stereocenters. The zero-order chi connectivity index (χ0) is 14.5. The first-order chi connectivity index (χ1) is 9.71. The van der Waals surface area contributed by atoms with Gasteiger partial charge in [0, 0.05) is 30.4 Å². The predicted molar refractivity (Wildman–Crippen MR) is 88.1 cm³/mol. The van der Waals surface area contributed by atoms with Crippen molar-refractivity contribution in [2.45, 2.75) is 33.6 Å². The fraction of sp³-hybridized carbons (Fsp3) is 0.471. The molecule has 3 heteroatoms. The number of rotatable bonds is 6. The van der Waals surface area contributed by atoms with E-state index in [-0.39, 0.29) is 0 Å². The molecule has 2 N–H and O–H groups in total. The van der Waals surface area contributed by atoms with E-state index in [2.05, 4.69) is 36.7 Å². The topological polar surface area (TPSA) is 42.1 Å². The molecular weight excluding hydrogens is 246 g/mol. The minimum Gasteiger partial charge on any atom is -0.398 e. The van der Waals surface area contributed by atoms with Crippen LogP contribution in [0.5, 0.6) is 0 Å². The van der Waals surface area contributed by atoms with Gasteiger partial charge in [0.15, 0.2) is 0 Å². The molecule has 0 unspecified atom stereocenters. The second-order valence-corrected chi connectivity index (χ2v) is 5.29. The molecule has 20 heavy (non-hydrogen) atoms. The first-order valence-corrected chi connectivity index (χ1v) is 7.59. The summed E-state index contributed by atoms with van der Waals surface area (Å²) >= 11 is 0. The highest BCUT2D eigenvalue weighted by Crippen LogP contribution is 2.30. The van der Waals surface area contributed by atoms with Gasteiger partial charge in [-0.2, -0.15) is 0 Å². The molecule has 0 aliphatic carbocycles. The van der Waals surface area contributed by atoms with E-state index in [0.717, 1.165) is 35.6 Å². The van der Waals surface area contributed by atoms with Crippen molar-refractivity contribution in [2.24, 2.45) is 5.92 Å². The van der Waals surface area contributed by atoms with E-state index < -0.39 is 0 Å². The van der Waals surface area contributed by atoms with Gasteiger partial charge in [-0.25, -0.2) is 0 Å². The maximum absolute atomic E-state index is 6.06. The van der Waals surface area contributed by atoms with E-state index in [4.69, 9.17) is 5.73 Å². The molecule has 0 amide bonds. The van der Waals surface area contributed by atoms with Gasteiger partial charge in [0.2, 0.25) is 0 Å². The van der Waals surface area contributed by atoms with Crippen molar-refractivity contribution in [3.63, 3.8) is 0 Å². The third kappa shape index (κ3) is 2.87. The second-order valence-electron chi connectivity index (χ2n) is 5.29. The summed E-state index contributed by atoms with van der Waals surface area (Å²) in [6.07, 6.45) is 4.27. The number of nitrogen functional groups attached to an aromatic ring is 1. The van der Waals surface area contributed by atoms with Crippen molar-refractivity contribution < 1.29 is 0 Å². The second kappa shape index (κ2) is 6.60. The van der Waals surface area contributed by atoms with Crippen molar-refractivity contribution >= 4 is 22.3 Å². The van der Waals surface area contributed by atoms with Crippen molar-refractivity contribution in [3.05, 3.63) is 30.5 Å². The van der Waals surface area contributed by atoms with Gasteiger partial charge in [-0.15, -0.1) is 0 Å². The zero-order valence-electron chi connectivity index (χ0n) is 12.8. The van der Waals surface area contributed by atoms with Crippen LogP contribution >= 0.6 is 0 Å². The molecule has 0 radical (unpaired) electrons. The van der Waals surface area contributed by atoms with Crippen LogP contribution < -0.4 is 10.6 Å². The number of aromatic nitrogens is 1. The standard InChI is InChI=1S/C17H25N3/c1-4-13(5-2)12-20(6-3)16-10-9-15(18)14-8-7-11-19-17(14)16/h7-11,13H,4-6,12,18H2,1-3H3. The summed E-state index contributed by atoms with van der Waals surface area (Å²) in [5, 5.41) is 1.05. The Hall–Kier alpha value is -1.77. The van der Waals surface area contributed by atoms with Gasteiger partial charge in [-0.3, -0.25) is 4.98 Å². The van der Waals surface area contributed by atoms with E-state index in [1.165, 1.54) is 18.5 Å². The third-order valence-electron chi connectivity index (χ3n) is 4.14. The molecule has 0 fully saturated rings. The van der Waals surface area contributed by atoms with Crippen LogP contribution in [0.1, 0.15) is 33.6 Å². The molecule has 2 aromatic rings. The molecular formula is C17H25N3. The monoisotopic (exact) mass is 271 g/mol. The van der Waals surface area contributed by atoms with Gasteiger partial charge in [-0.1, -0.05) is 26.7 Å². The Bertz CT molecular complexity index is 561. The lowest BCUT2D eigenvalue weighted by Gasteiger charge is -2.28. The molecule has 2 rings (SSSR count). The summed E-state index contributed by atoms with van der Waals surface area (Å²) in [4.78, 5) is 6.97. The summed E-state index contributed by atoms with van der Waals surface area (Å²) in [5.74, 6) is 0.728. The van der Waals surface area contributed by atoms with E-state index in [1.54, 1.807) is 0 Å². The molecule has 0 saturated heterocycles. The minimum atomic E-state index is 0.728. The molecule has 1 aromatic heterocycles. The normalized spacial score (nSPS) is 11.2. The molecule has 0 aliphatic heterocycles. The van der Waals surface area contributed by atoms with Crippen LogP contribution in [-0.4, -0.2) is 18.1 Å². The highest BCUT2D eigenvalue weighted by atomic mass is 15.1. The van der Waals surface area contributed by atoms with Crippen molar-refractivity contribution in [1.29, 1.82) is 0 Å². The van der Waals surface area contributed by atoms with Crippen LogP contribution in [0.25, 0.3) is 10.9 Å². The maximum Gasteiger partial charge on any atom is 0.0955 e. The van der Waals surface area contributed by atoms with E-state index in [9.17, 15) is 0 Å². The fourth-order valence-corrected chi connectivity index (χ4v) is 2.69. The molecule has 1 aromatic carbocycles.